The van der Waals surface area contributed by atoms with Gasteiger partial charge in [0.1, 0.15) is 23.1 Å². The van der Waals surface area contributed by atoms with Gasteiger partial charge < -0.3 is 30.3 Å². The van der Waals surface area contributed by atoms with Gasteiger partial charge in [-0.2, -0.15) is 0 Å². The van der Waals surface area contributed by atoms with Crippen LogP contribution in [0.2, 0.25) is 0 Å². The van der Waals surface area contributed by atoms with E-state index >= 15 is 0 Å². The number of aliphatic carboxylic acids is 1. The van der Waals surface area contributed by atoms with Crippen LogP contribution in [0.4, 0.5) is 27.9 Å². The largest absolute Gasteiger partial charge is 0.481 e. The fourth-order valence-corrected chi connectivity index (χ4v) is 4.01. The van der Waals surface area contributed by atoms with E-state index in [-0.39, 0.29) is 12.5 Å². The van der Waals surface area contributed by atoms with Crippen molar-refractivity contribution in [3.63, 3.8) is 0 Å². The molecule has 0 spiro atoms. The molecule has 0 radical (unpaired) electrons. The van der Waals surface area contributed by atoms with E-state index in [4.69, 9.17) is 14.8 Å². The first kappa shape index (κ1) is 27.6. The quantitative estimate of drug-likeness (QED) is 0.342. The van der Waals surface area contributed by atoms with E-state index in [1.54, 1.807) is 29.7 Å². The molecule has 3 aromatic heterocycles. The third-order valence-electron chi connectivity index (χ3n) is 5.84. The Bertz CT molecular complexity index is 1270. The van der Waals surface area contributed by atoms with Crippen molar-refractivity contribution in [2.45, 2.75) is 39.2 Å². The highest BCUT2D eigenvalue weighted by atomic mass is 16.6. The molecular weight excluding hydrogens is 500 g/mol. The zero-order valence-electron chi connectivity index (χ0n) is 22.4. The van der Waals surface area contributed by atoms with Crippen LogP contribution < -0.4 is 15.5 Å². The third-order valence-corrected chi connectivity index (χ3v) is 5.84. The standard InChI is InChI=1S/C27H34N8O4/c1-27(2,3)39-26(38)35-13-11-34(12-14-35)24-15-19(6-8-31-24)21-16-20(29-7-4-5-25(36)37)17-22(32-21)33-23-18-28-9-10-30-23/h6,8-10,15-18H,4-5,7,11-14H2,1-3H3,(H,36,37)(H2,29,30,32,33). The number of carboxylic acids is 1. The molecule has 0 atom stereocenters. The lowest BCUT2D eigenvalue weighted by Crippen LogP contribution is -2.50. The Kier molecular flexibility index (Phi) is 8.74. The van der Waals surface area contributed by atoms with Crippen LogP contribution in [0.1, 0.15) is 33.6 Å². The summed E-state index contributed by atoms with van der Waals surface area (Å²) >= 11 is 0. The molecule has 12 nitrogen and oxygen atoms in total. The van der Waals surface area contributed by atoms with E-state index in [0.29, 0.717) is 56.5 Å². The number of carbonyl (C=O) groups is 2. The van der Waals surface area contributed by atoms with Crippen LogP contribution in [0.3, 0.4) is 0 Å². The molecule has 4 heterocycles. The minimum Gasteiger partial charge on any atom is -0.481 e. The molecule has 206 valence electrons. The number of nitrogens with zero attached hydrogens (tertiary/aromatic N) is 6. The van der Waals surface area contributed by atoms with Crippen molar-refractivity contribution in [3.8, 4) is 11.3 Å². The van der Waals surface area contributed by atoms with Crippen LogP contribution in [0, 0.1) is 0 Å². The number of aromatic nitrogens is 4. The third kappa shape index (κ3) is 8.25. The van der Waals surface area contributed by atoms with Gasteiger partial charge in [-0.05, 0) is 45.4 Å². The number of amides is 1. The molecule has 12 heteroatoms. The van der Waals surface area contributed by atoms with Crippen molar-refractivity contribution in [1.82, 2.24) is 24.8 Å². The summed E-state index contributed by atoms with van der Waals surface area (Å²) in [4.78, 5) is 44.9. The van der Waals surface area contributed by atoms with Crippen molar-refractivity contribution in [1.29, 1.82) is 0 Å². The van der Waals surface area contributed by atoms with Crippen molar-refractivity contribution in [2.24, 2.45) is 0 Å². The highest BCUT2D eigenvalue weighted by Crippen LogP contribution is 2.28. The van der Waals surface area contributed by atoms with Gasteiger partial charge >= 0.3 is 12.1 Å². The Morgan fingerprint density at radius 1 is 1.03 bits per heavy atom. The van der Waals surface area contributed by atoms with Gasteiger partial charge in [0.05, 0.1) is 11.9 Å². The number of ether oxygens (including phenoxy) is 1. The molecule has 4 rings (SSSR count). The van der Waals surface area contributed by atoms with Crippen molar-refractivity contribution in [2.75, 3.05) is 48.3 Å². The molecule has 39 heavy (non-hydrogen) atoms. The molecular formula is C27H34N8O4. The second kappa shape index (κ2) is 12.4. The van der Waals surface area contributed by atoms with E-state index in [1.165, 1.54) is 0 Å². The van der Waals surface area contributed by atoms with Gasteiger partial charge in [0.25, 0.3) is 0 Å². The highest BCUT2D eigenvalue weighted by molar-refractivity contribution is 5.72. The van der Waals surface area contributed by atoms with Crippen molar-refractivity contribution < 1.29 is 19.4 Å². The first-order valence-corrected chi connectivity index (χ1v) is 12.9. The lowest BCUT2D eigenvalue weighted by atomic mass is 10.1. The van der Waals surface area contributed by atoms with E-state index in [0.717, 1.165) is 17.1 Å². The zero-order chi connectivity index (χ0) is 27.8. The minimum absolute atomic E-state index is 0.0879. The summed E-state index contributed by atoms with van der Waals surface area (Å²) in [5, 5.41) is 15.4. The van der Waals surface area contributed by atoms with E-state index < -0.39 is 11.6 Å². The Morgan fingerprint density at radius 3 is 2.51 bits per heavy atom. The summed E-state index contributed by atoms with van der Waals surface area (Å²) < 4.78 is 5.50. The normalized spacial score (nSPS) is 13.6. The fourth-order valence-electron chi connectivity index (χ4n) is 4.01. The molecule has 1 amide bonds. The van der Waals surface area contributed by atoms with E-state index in [9.17, 15) is 9.59 Å². The second-order valence-electron chi connectivity index (χ2n) is 10.1. The molecule has 0 aromatic carbocycles. The average molecular weight is 535 g/mol. The summed E-state index contributed by atoms with van der Waals surface area (Å²) in [5.41, 5.74) is 1.84. The van der Waals surface area contributed by atoms with Crippen LogP contribution in [0.5, 0.6) is 0 Å². The molecule has 0 aliphatic carbocycles. The van der Waals surface area contributed by atoms with Gasteiger partial charge in [-0.1, -0.05) is 0 Å². The number of nitrogens with one attached hydrogen (secondary N) is 2. The first-order valence-electron chi connectivity index (χ1n) is 12.9. The average Bonchev–Trinajstić information content (AvgIpc) is 2.91. The van der Waals surface area contributed by atoms with Gasteiger partial charge in [-0.15, -0.1) is 0 Å². The summed E-state index contributed by atoms with van der Waals surface area (Å²) in [7, 11) is 0. The summed E-state index contributed by atoms with van der Waals surface area (Å²) in [6.45, 7) is 8.44. The molecule has 0 unspecified atom stereocenters. The fraction of sp³-hybridized carbons (Fsp3) is 0.407. The Balaban J connectivity index is 1.51. The monoisotopic (exact) mass is 534 g/mol. The number of carboxylic acid groups (broad SMARTS) is 1. The van der Waals surface area contributed by atoms with E-state index in [1.807, 2.05) is 45.0 Å². The number of hydrogen-bond donors (Lipinski definition) is 3. The summed E-state index contributed by atoms with van der Waals surface area (Å²) in [6, 6.07) is 7.63. The second-order valence-corrected chi connectivity index (χ2v) is 10.1. The van der Waals surface area contributed by atoms with Crippen molar-refractivity contribution in [3.05, 3.63) is 49.1 Å². The van der Waals surface area contributed by atoms with Crippen LogP contribution in [0.25, 0.3) is 11.3 Å². The maximum atomic E-state index is 12.4. The number of piperazine rings is 1. The van der Waals surface area contributed by atoms with Crippen LogP contribution >= 0.6 is 0 Å². The lowest BCUT2D eigenvalue weighted by Gasteiger charge is -2.36. The van der Waals surface area contributed by atoms with Crippen molar-refractivity contribution >= 4 is 35.2 Å². The molecule has 0 saturated carbocycles. The minimum atomic E-state index is -0.825. The van der Waals surface area contributed by atoms with Gasteiger partial charge in [0.15, 0.2) is 0 Å². The highest BCUT2D eigenvalue weighted by Gasteiger charge is 2.26. The maximum Gasteiger partial charge on any atom is 0.410 e. The van der Waals surface area contributed by atoms with Gasteiger partial charge in [-0.25, -0.2) is 19.7 Å². The zero-order valence-corrected chi connectivity index (χ0v) is 22.4. The maximum absolute atomic E-state index is 12.4. The summed E-state index contributed by atoms with van der Waals surface area (Å²) in [5.74, 6) is 1.09. The Labute approximate surface area is 227 Å². The SMILES string of the molecule is CC(C)(C)OC(=O)N1CCN(c2cc(-c3cc(NCCCC(=O)O)cc(Nc4cnccn4)n3)ccn2)CC1. The summed E-state index contributed by atoms with van der Waals surface area (Å²) in [6.07, 6.45) is 6.82. The molecule has 1 aliphatic heterocycles. The molecule has 1 saturated heterocycles. The van der Waals surface area contributed by atoms with Gasteiger partial charge in [0, 0.05) is 75.1 Å². The lowest BCUT2D eigenvalue weighted by molar-refractivity contribution is -0.137. The number of carbonyl (C=O) groups excluding carboxylic acids is 1. The Morgan fingerprint density at radius 2 is 1.82 bits per heavy atom. The molecule has 1 fully saturated rings. The molecule has 3 N–H and O–H groups in total. The smallest absolute Gasteiger partial charge is 0.410 e. The topological polar surface area (TPSA) is 146 Å². The van der Waals surface area contributed by atoms with Gasteiger partial charge in [-0.3, -0.25) is 9.78 Å². The van der Waals surface area contributed by atoms with Gasteiger partial charge in [0.2, 0.25) is 0 Å². The Hall–Kier alpha value is -4.48. The predicted molar refractivity (Wildman–Crippen MR) is 148 cm³/mol. The molecule has 3 aromatic rings. The number of rotatable bonds is 9. The van der Waals surface area contributed by atoms with Crippen LogP contribution in [-0.2, 0) is 9.53 Å². The van der Waals surface area contributed by atoms with E-state index in [2.05, 4.69) is 30.5 Å². The number of pyridine rings is 2. The van der Waals surface area contributed by atoms with Crippen LogP contribution in [0.15, 0.2) is 49.1 Å². The van der Waals surface area contributed by atoms with Crippen LogP contribution in [-0.4, -0.2) is 80.3 Å². The predicted octanol–water partition coefficient (Wildman–Crippen LogP) is 4.01. The number of anilines is 4. The number of hydrogen-bond acceptors (Lipinski definition) is 10. The molecule has 0 bridgehead atoms. The molecule has 1 aliphatic rings. The first-order chi connectivity index (χ1) is 18.7.